The Balaban J connectivity index is 0.00000169. The van der Waals surface area contributed by atoms with E-state index in [1.54, 1.807) is 0 Å². The molecule has 1 aliphatic rings. The summed E-state index contributed by atoms with van der Waals surface area (Å²) < 4.78 is 1.18. The highest BCUT2D eigenvalue weighted by Crippen LogP contribution is 2.29. The van der Waals surface area contributed by atoms with Gasteiger partial charge in [-0.1, -0.05) is 27.0 Å². The lowest BCUT2D eigenvalue weighted by molar-refractivity contribution is -0.908. The molecule has 1 aliphatic heterocycles. The van der Waals surface area contributed by atoms with E-state index >= 15 is 0 Å². The van der Waals surface area contributed by atoms with Gasteiger partial charge in [0, 0.05) is 11.8 Å². The normalized spacial score (nSPS) is 29.3. The molecule has 0 amide bonds. The van der Waals surface area contributed by atoms with Crippen molar-refractivity contribution in [3.8, 4) is 0 Å². The van der Waals surface area contributed by atoms with Crippen LogP contribution >= 0.6 is 0 Å². The van der Waals surface area contributed by atoms with Crippen LogP contribution in [-0.2, 0) is 0 Å². The van der Waals surface area contributed by atoms with Crippen molar-refractivity contribution in [2.75, 3.05) is 26.2 Å². The zero-order valence-corrected chi connectivity index (χ0v) is 10.1. The summed E-state index contributed by atoms with van der Waals surface area (Å²) in [6.07, 6.45) is 4.10. The standard InChI is InChI=1S/C12H22N.ClH/c1-5-7-13(8-6-2)9-11(3)12(4)10-13;/h5-6,11-12H,1-2,7-10H2,3-4H3;1H/q+1;/p-1. The second-order valence-electron chi connectivity index (χ2n) is 4.60. The zero-order chi connectivity index (χ0) is 9.90. The third kappa shape index (κ3) is 2.86. The highest BCUT2D eigenvalue weighted by molar-refractivity contribution is 4.78. The van der Waals surface area contributed by atoms with Crippen LogP contribution in [0.3, 0.4) is 0 Å². The van der Waals surface area contributed by atoms with Gasteiger partial charge < -0.3 is 16.9 Å². The summed E-state index contributed by atoms with van der Waals surface area (Å²) in [7, 11) is 0. The molecule has 82 valence electrons. The van der Waals surface area contributed by atoms with E-state index in [1.165, 1.54) is 17.6 Å². The van der Waals surface area contributed by atoms with Crippen molar-refractivity contribution in [1.82, 2.24) is 0 Å². The molecule has 1 heterocycles. The maximum atomic E-state index is 3.85. The van der Waals surface area contributed by atoms with Crippen molar-refractivity contribution in [2.24, 2.45) is 11.8 Å². The minimum Gasteiger partial charge on any atom is -1.00 e. The fraction of sp³-hybridized carbons (Fsp3) is 0.667. The molecule has 0 aromatic rings. The van der Waals surface area contributed by atoms with Gasteiger partial charge in [-0.3, -0.25) is 0 Å². The summed E-state index contributed by atoms with van der Waals surface area (Å²) in [4.78, 5) is 0. The van der Waals surface area contributed by atoms with E-state index in [4.69, 9.17) is 0 Å². The van der Waals surface area contributed by atoms with Crippen molar-refractivity contribution in [1.29, 1.82) is 0 Å². The van der Waals surface area contributed by atoms with E-state index in [0.717, 1.165) is 24.9 Å². The van der Waals surface area contributed by atoms with Gasteiger partial charge in [-0.25, -0.2) is 0 Å². The lowest BCUT2D eigenvalue weighted by Gasteiger charge is -2.32. The first kappa shape index (κ1) is 13.7. The van der Waals surface area contributed by atoms with E-state index in [0.29, 0.717) is 0 Å². The molecule has 0 bridgehead atoms. The van der Waals surface area contributed by atoms with Crippen molar-refractivity contribution in [3.63, 3.8) is 0 Å². The molecule has 0 radical (unpaired) electrons. The van der Waals surface area contributed by atoms with Gasteiger partial charge >= 0.3 is 0 Å². The average Bonchev–Trinajstić information content (AvgIpc) is 2.29. The van der Waals surface area contributed by atoms with E-state index in [2.05, 4.69) is 27.0 Å². The van der Waals surface area contributed by atoms with Gasteiger partial charge in [0.05, 0.1) is 26.2 Å². The number of hydrogen-bond acceptors (Lipinski definition) is 0. The van der Waals surface area contributed by atoms with Gasteiger partial charge in [0.25, 0.3) is 0 Å². The lowest BCUT2D eigenvalue weighted by atomic mass is 10.0. The molecule has 1 saturated heterocycles. The van der Waals surface area contributed by atoms with Crippen LogP contribution in [0, 0.1) is 11.8 Å². The molecule has 1 nitrogen and oxygen atoms in total. The predicted octanol–water partition coefficient (Wildman–Crippen LogP) is -0.535. The SMILES string of the molecule is C=CC[N+]1(CC=C)CC(C)C(C)C1.[Cl-]. The first-order valence-electron chi connectivity index (χ1n) is 5.20. The van der Waals surface area contributed by atoms with Gasteiger partial charge in [0.2, 0.25) is 0 Å². The Bertz CT molecular complexity index is 178. The predicted molar refractivity (Wildman–Crippen MR) is 58.5 cm³/mol. The Hall–Kier alpha value is -0.270. The molecule has 14 heavy (non-hydrogen) atoms. The lowest BCUT2D eigenvalue weighted by Crippen LogP contribution is -3.00. The molecule has 2 heteroatoms. The summed E-state index contributed by atoms with van der Waals surface area (Å²) in [5, 5.41) is 0. The topological polar surface area (TPSA) is 0 Å². The number of quaternary nitrogens is 1. The Morgan fingerprint density at radius 2 is 1.43 bits per heavy atom. The Morgan fingerprint density at radius 1 is 1.07 bits per heavy atom. The van der Waals surface area contributed by atoms with Crippen molar-refractivity contribution in [3.05, 3.63) is 25.3 Å². The quantitative estimate of drug-likeness (QED) is 0.437. The van der Waals surface area contributed by atoms with Gasteiger partial charge in [-0.2, -0.15) is 0 Å². The van der Waals surface area contributed by atoms with Crippen LogP contribution in [0.1, 0.15) is 13.8 Å². The van der Waals surface area contributed by atoms with Crippen molar-refractivity contribution < 1.29 is 16.9 Å². The summed E-state index contributed by atoms with van der Waals surface area (Å²) in [6.45, 7) is 17.2. The number of likely N-dealkylation sites (tertiary alicyclic amines) is 1. The van der Waals surface area contributed by atoms with Crippen molar-refractivity contribution >= 4 is 0 Å². The highest BCUT2D eigenvalue weighted by Gasteiger charge is 2.38. The van der Waals surface area contributed by atoms with E-state index in [9.17, 15) is 0 Å². The number of halogens is 1. The first-order chi connectivity index (χ1) is 6.13. The third-order valence-electron chi connectivity index (χ3n) is 3.35. The van der Waals surface area contributed by atoms with Gasteiger partial charge in [-0.05, 0) is 12.2 Å². The Morgan fingerprint density at radius 3 is 1.71 bits per heavy atom. The summed E-state index contributed by atoms with van der Waals surface area (Å²) in [6, 6.07) is 0. The van der Waals surface area contributed by atoms with E-state index in [-0.39, 0.29) is 12.4 Å². The minimum absolute atomic E-state index is 0. The maximum absolute atomic E-state index is 3.85. The molecule has 2 unspecified atom stereocenters. The molecular weight excluding hydrogens is 194 g/mol. The molecule has 0 saturated carbocycles. The molecule has 0 N–H and O–H groups in total. The molecule has 0 aromatic heterocycles. The van der Waals surface area contributed by atoms with Gasteiger partial charge in [0.1, 0.15) is 0 Å². The van der Waals surface area contributed by atoms with Crippen LogP contribution in [0.4, 0.5) is 0 Å². The molecule has 0 aliphatic carbocycles. The van der Waals surface area contributed by atoms with Crippen LogP contribution in [0.2, 0.25) is 0 Å². The number of nitrogens with zero attached hydrogens (tertiary/aromatic N) is 1. The highest BCUT2D eigenvalue weighted by atomic mass is 35.5. The molecule has 1 rings (SSSR count). The van der Waals surface area contributed by atoms with Crippen LogP contribution in [0.15, 0.2) is 25.3 Å². The Kier molecular flexibility index (Phi) is 5.46. The smallest absolute Gasteiger partial charge is 0.0973 e. The van der Waals surface area contributed by atoms with Gasteiger partial charge in [0.15, 0.2) is 0 Å². The second kappa shape index (κ2) is 5.57. The minimum atomic E-state index is 0. The summed E-state index contributed by atoms with van der Waals surface area (Å²) >= 11 is 0. The van der Waals surface area contributed by atoms with Crippen LogP contribution in [0.5, 0.6) is 0 Å². The molecule has 2 atom stereocenters. The monoisotopic (exact) mass is 215 g/mol. The first-order valence-corrected chi connectivity index (χ1v) is 5.20. The summed E-state index contributed by atoms with van der Waals surface area (Å²) in [5.74, 6) is 1.69. The Labute approximate surface area is 94.5 Å². The molecule has 0 spiro atoms. The third-order valence-corrected chi connectivity index (χ3v) is 3.35. The largest absolute Gasteiger partial charge is 1.00 e. The fourth-order valence-electron chi connectivity index (χ4n) is 2.58. The number of rotatable bonds is 4. The molecular formula is C12H22ClN. The van der Waals surface area contributed by atoms with E-state index in [1.807, 2.05) is 12.2 Å². The van der Waals surface area contributed by atoms with Crippen LogP contribution in [-0.4, -0.2) is 30.7 Å². The zero-order valence-electron chi connectivity index (χ0n) is 9.38. The second-order valence-corrected chi connectivity index (χ2v) is 4.60. The van der Waals surface area contributed by atoms with Crippen LogP contribution in [0.25, 0.3) is 0 Å². The van der Waals surface area contributed by atoms with Crippen LogP contribution < -0.4 is 12.4 Å². The van der Waals surface area contributed by atoms with Gasteiger partial charge in [-0.15, -0.1) is 0 Å². The molecule has 0 aromatic carbocycles. The number of hydrogen-bond donors (Lipinski definition) is 0. The van der Waals surface area contributed by atoms with Crippen molar-refractivity contribution in [2.45, 2.75) is 13.8 Å². The average molecular weight is 216 g/mol. The maximum Gasteiger partial charge on any atom is 0.0973 e. The van der Waals surface area contributed by atoms with E-state index < -0.39 is 0 Å². The molecule has 1 fully saturated rings. The fourth-order valence-corrected chi connectivity index (χ4v) is 2.58. The summed E-state index contributed by atoms with van der Waals surface area (Å²) in [5.41, 5.74) is 0.